The van der Waals surface area contributed by atoms with Crippen molar-refractivity contribution in [3.05, 3.63) is 101 Å². The van der Waals surface area contributed by atoms with E-state index >= 15 is 0 Å². The van der Waals surface area contributed by atoms with Crippen LogP contribution in [0.15, 0.2) is 72.8 Å². The topological polar surface area (TPSA) is 40.8 Å². The van der Waals surface area contributed by atoms with Gasteiger partial charge in [0.25, 0.3) is 0 Å². The number of hydrogen-bond donors (Lipinski definition) is 2. The molecular weight excluding hydrogens is 356 g/mol. The van der Waals surface area contributed by atoms with Gasteiger partial charge in [-0.3, -0.25) is 0 Å². The minimum Gasteiger partial charge on any atom is -0.497 e. The zero-order valence-corrected chi connectivity index (χ0v) is 16.9. The van der Waals surface area contributed by atoms with Crippen molar-refractivity contribution in [2.24, 2.45) is 0 Å². The number of para-hydroxylation sites is 2. The second-order valence-electron chi connectivity index (χ2n) is 7.63. The first-order valence-corrected chi connectivity index (χ1v) is 9.95. The summed E-state index contributed by atoms with van der Waals surface area (Å²) in [6, 6.07) is 25.6. The van der Waals surface area contributed by atoms with Crippen LogP contribution in [0, 0.1) is 13.8 Å². The molecule has 0 radical (unpaired) electrons. The van der Waals surface area contributed by atoms with E-state index in [1.54, 1.807) is 7.11 Å². The van der Waals surface area contributed by atoms with Crippen molar-refractivity contribution in [3.8, 4) is 5.75 Å². The third-order valence-corrected chi connectivity index (χ3v) is 5.89. The van der Waals surface area contributed by atoms with Gasteiger partial charge in [-0.2, -0.15) is 0 Å². The first-order chi connectivity index (χ1) is 14.2. The van der Waals surface area contributed by atoms with E-state index in [4.69, 9.17) is 4.74 Å². The molecule has 5 rings (SSSR count). The van der Waals surface area contributed by atoms with E-state index < -0.39 is 0 Å². The van der Waals surface area contributed by atoms with Gasteiger partial charge in [0.1, 0.15) is 5.75 Å². The average Bonchev–Trinajstić information content (AvgIpc) is 3.25. The van der Waals surface area contributed by atoms with Crippen LogP contribution < -0.4 is 4.74 Å². The van der Waals surface area contributed by atoms with Crippen LogP contribution in [0.1, 0.15) is 34.0 Å². The predicted octanol–water partition coefficient (Wildman–Crippen LogP) is 6.45. The molecule has 0 bridgehead atoms. The lowest BCUT2D eigenvalue weighted by molar-refractivity contribution is 0.414. The zero-order chi connectivity index (χ0) is 20.0. The summed E-state index contributed by atoms with van der Waals surface area (Å²) in [7, 11) is 1.72. The Morgan fingerprint density at radius 3 is 1.79 bits per heavy atom. The van der Waals surface area contributed by atoms with Gasteiger partial charge in [-0.05, 0) is 54.8 Å². The maximum Gasteiger partial charge on any atom is 0.119 e. The van der Waals surface area contributed by atoms with Gasteiger partial charge in [0.05, 0.1) is 7.11 Å². The van der Waals surface area contributed by atoms with Crippen LogP contribution in [0.3, 0.4) is 0 Å². The molecule has 0 fully saturated rings. The highest BCUT2D eigenvalue weighted by Crippen LogP contribution is 2.43. The minimum absolute atomic E-state index is 0.0948. The zero-order valence-electron chi connectivity index (χ0n) is 16.9. The number of methoxy groups -OCH3 is 1. The predicted molar refractivity (Wildman–Crippen MR) is 120 cm³/mol. The molecule has 0 amide bonds. The third kappa shape index (κ3) is 2.82. The first kappa shape index (κ1) is 17.6. The van der Waals surface area contributed by atoms with Gasteiger partial charge in [-0.15, -0.1) is 0 Å². The Hall–Kier alpha value is -3.46. The monoisotopic (exact) mass is 380 g/mol. The fourth-order valence-corrected chi connectivity index (χ4v) is 4.64. The van der Waals surface area contributed by atoms with Gasteiger partial charge in [-0.25, -0.2) is 0 Å². The normalized spacial score (nSPS) is 11.6. The second kappa shape index (κ2) is 6.85. The Labute approximate surface area is 170 Å². The SMILES string of the molecule is COc1cccc(C(c2c(C)[nH]c3ccccc23)c2c(C)[nH]c3ccccc23)c1. The Bertz CT molecular complexity index is 1250. The van der Waals surface area contributed by atoms with Crippen molar-refractivity contribution in [2.75, 3.05) is 7.11 Å². The van der Waals surface area contributed by atoms with Crippen molar-refractivity contribution in [1.82, 2.24) is 9.97 Å². The molecule has 3 heteroatoms. The standard InChI is InChI=1S/C26H24N2O/c1-16-24(20-11-4-6-13-22(20)27-16)26(18-9-8-10-19(15-18)29-3)25-17(2)28-23-14-7-5-12-21(23)25/h4-15,26-28H,1-3H3. The molecule has 3 aromatic carbocycles. The molecule has 29 heavy (non-hydrogen) atoms. The molecule has 0 saturated heterocycles. The Kier molecular flexibility index (Phi) is 4.17. The molecule has 144 valence electrons. The van der Waals surface area contributed by atoms with Gasteiger partial charge < -0.3 is 14.7 Å². The van der Waals surface area contributed by atoms with Crippen LogP contribution in [0.25, 0.3) is 21.8 Å². The molecule has 3 nitrogen and oxygen atoms in total. The largest absolute Gasteiger partial charge is 0.497 e. The van der Waals surface area contributed by atoms with Crippen molar-refractivity contribution >= 4 is 21.8 Å². The van der Waals surface area contributed by atoms with Crippen molar-refractivity contribution in [2.45, 2.75) is 19.8 Å². The van der Waals surface area contributed by atoms with Crippen LogP contribution >= 0.6 is 0 Å². The molecule has 2 aromatic heterocycles. The summed E-state index contributed by atoms with van der Waals surface area (Å²) < 4.78 is 5.56. The first-order valence-electron chi connectivity index (χ1n) is 9.95. The highest BCUT2D eigenvalue weighted by atomic mass is 16.5. The van der Waals surface area contributed by atoms with Crippen LogP contribution in [-0.2, 0) is 0 Å². The van der Waals surface area contributed by atoms with E-state index in [9.17, 15) is 0 Å². The summed E-state index contributed by atoms with van der Waals surface area (Å²) in [5.41, 5.74) is 8.61. The highest BCUT2D eigenvalue weighted by Gasteiger charge is 2.27. The fraction of sp³-hybridized carbons (Fsp3) is 0.154. The van der Waals surface area contributed by atoms with E-state index in [0.717, 1.165) is 5.75 Å². The van der Waals surface area contributed by atoms with Crippen LogP contribution in [-0.4, -0.2) is 17.1 Å². The summed E-state index contributed by atoms with van der Waals surface area (Å²) in [6.07, 6.45) is 0. The Morgan fingerprint density at radius 2 is 1.24 bits per heavy atom. The molecule has 5 aromatic rings. The number of H-pyrrole nitrogens is 2. The number of aryl methyl sites for hydroxylation is 2. The van der Waals surface area contributed by atoms with Gasteiger partial charge in [0, 0.05) is 39.1 Å². The van der Waals surface area contributed by atoms with Gasteiger partial charge in [0.15, 0.2) is 0 Å². The minimum atomic E-state index is 0.0948. The van der Waals surface area contributed by atoms with E-state index in [2.05, 4.69) is 90.5 Å². The molecule has 0 aliphatic rings. The van der Waals surface area contributed by atoms with Crippen molar-refractivity contribution < 1.29 is 4.74 Å². The number of hydrogen-bond acceptors (Lipinski definition) is 1. The lowest BCUT2D eigenvalue weighted by atomic mass is 9.82. The highest BCUT2D eigenvalue weighted by molar-refractivity contribution is 5.90. The van der Waals surface area contributed by atoms with Gasteiger partial charge >= 0.3 is 0 Å². The summed E-state index contributed by atoms with van der Waals surface area (Å²) in [5.74, 6) is 0.972. The average molecular weight is 380 g/mol. The lowest BCUT2D eigenvalue weighted by Gasteiger charge is -2.20. The number of aromatic amines is 2. The molecule has 0 unspecified atom stereocenters. The molecule has 0 atom stereocenters. The van der Waals surface area contributed by atoms with Crippen molar-refractivity contribution in [1.29, 1.82) is 0 Å². The number of ether oxygens (including phenoxy) is 1. The molecule has 0 spiro atoms. The molecule has 0 saturated carbocycles. The summed E-state index contributed by atoms with van der Waals surface area (Å²) in [4.78, 5) is 7.19. The van der Waals surface area contributed by atoms with E-state index in [1.807, 2.05) is 6.07 Å². The number of nitrogens with one attached hydrogen (secondary N) is 2. The van der Waals surface area contributed by atoms with E-state index in [0.29, 0.717) is 0 Å². The lowest BCUT2D eigenvalue weighted by Crippen LogP contribution is -2.06. The maximum atomic E-state index is 5.56. The quantitative estimate of drug-likeness (QED) is 0.369. The van der Waals surface area contributed by atoms with Crippen molar-refractivity contribution in [3.63, 3.8) is 0 Å². The molecule has 2 N–H and O–H groups in total. The Morgan fingerprint density at radius 1 is 0.690 bits per heavy atom. The third-order valence-electron chi connectivity index (χ3n) is 5.89. The van der Waals surface area contributed by atoms with E-state index in [1.165, 1.54) is 49.9 Å². The van der Waals surface area contributed by atoms with Crippen LogP contribution in [0.4, 0.5) is 0 Å². The molecular formula is C26H24N2O. The van der Waals surface area contributed by atoms with Gasteiger partial charge in [-0.1, -0.05) is 48.5 Å². The maximum absolute atomic E-state index is 5.56. The molecule has 2 heterocycles. The van der Waals surface area contributed by atoms with Crippen LogP contribution in [0.5, 0.6) is 5.75 Å². The van der Waals surface area contributed by atoms with Gasteiger partial charge in [0.2, 0.25) is 0 Å². The molecule has 0 aliphatic carbocycles. The summed E-state index contributed by atoms with van der Waals surface area (Å²) in [5, 5.41) is 2.53. The number of rotatable bonds is 4. The second-order valence-corrected chi connectivity index (χ2v) is 7.63. The fourth-order valence-electron chi connectivity index (χ4n) is 4.64. The Balaban J connectivity index is 1.87. The summed E-state index contributed by atoms with van der Waals surface area (Å²) in [6.45, 7) is 4.35. The van der Waals surface area contributed by atoms with Crippen LogP contribution in [0.2, 0.25) is 0 Å². The number of benzene rings is 3. The number of aromatic nitrogens is 2. The smallest absolute Gasteiger partial charge is 0.119 e. The van der Waals surface area contributed by atoms with E-state index in [-0.39, 0.29) is 5.92 Å². The molecule has 0 aliphatic heterocycles. The number of fused-ring (bicyclic) bond motifs is 2. The summed E-state index contributed by atoms with van der Waals surface area (Å²) >= 11 is 0.